The first kappa shape index (κ1) is 29.4. The van der Waals surface area contributed by atoms with Gasteiger partial charge in [-0.25, -0.2) is 17.6 Å². The zero-order chi connectivity index (χ0) is 28.9. The Hall–Kier alpha value is -3.14. The molecule has 0 aromatic heterocycles. The monoisotopic (exact) mass is 560 g/mol. The highest BCUT2D eigenvalue weighted by molar-refractivity contribution is 5.74. The Kier molecular flexibility index (Phi) is 9.47. The molecule has 5 rings (SSSR count). The summed E-state index contributed by atoms with van der Waals surface area (Å²) in [4.78, 5) is 0. The quantitative estimate of drug-likeness (QED) is 0.190. The number of hydrogen-bond donors (Lipinski definition) is 0. The molecule has 1 atom stereocenters. The van der Waals surface area contributed by atoms with E-state index in [2.05, 4.69) is 13.0 Å². The molecule has 0 nitrogen and oxygen atoms in total. The third-order valence-corrected chi connectivity index (χ3v) is 9.26. The van der Waals surface area contributed by atoms with Gasteiger partial charge in [0.15, 0.2) is 23.3 Å². The molecule has 3 aromatic rings. The smallest absolute Gasteiger partial charge is 0.167 e. The zero-order valence-electron chi connectivity index (χ0n) is 24.2. The van der Waals surface area contributed by atoms with Gasteiger partial charge in [-0.2, -0.15) is 0 Å². The largest absolute Gasteiger partial charge is 0.203 e. The minimum absolute atomic E-state index is 0.147. The van der Waals surface area contributed by atoms with E-state index < -0.39 is 23.3 Å². The third-order valence-electron chi connectivity index (χ3n) is 9.26. The third kappa shape index (κ3) is 6.52. The molecule has 1 saturated carbocycles. The van der Waals surface area contributed by atoms with Crippen molar-refractivity contribution in [2.24, 2.45) is 17.8 Å². The lowest BCUT2D eigenvalue weighted by atomic mass is 9.71. The normalized spacial score (nSPS) is 21.3. The van der Waals surface area contributed by atoms with Crippen molar-refractivity contribution in [1.29, 1.82) is 0 Å². The van der Waals surface area contributed by atoms with Crippen LogP contribution in [-0.4, -0.2) is 0 Å². The average molecular weight is 561 g/mol. The number of hydrogen-bond acceptors (Lipinski definition) is 0. The molecular weight excluding hydrogens is 520 g/mol. The van der Waals surface area contributed by atoms with Gasteiger partial charge in [-0.1, -0.05) is 93.4 Å². The van der Waals surface area contributed by atoms with Crippen LogP contribution < -0.4 is 0 Å². The van der Waals surface area contributed by atoms with Gasteiger partial charge in [-0.3, -0.25) is 0 Å². The van der Waals surface area contributed by atoms with Gasteiger partial charge >= 0.3 is 0 Å². The van der Waals surface area contributed by atoms with Gasteiger partial charge in [0.2, 0.25) is 0 Å². The van der Waals surface area contributed by atoms with Crippen LogP contribution >= 0.6 is 0 Å². The first-order chi connectivity index (χ1) is 19.9. The van der Waals surface area contributed by atoms with E-state index in [4.69, 9.17) is 0 Å². The van der Waals surface area contributed by atoms with Crippen LogP contribution in [0.15, 0.2) is 66.8 Å². The minimum atomic E-state index is -0.891. The van der Waals surface area contributed by atoms with Gasteiger partial charge < -0.3 is 0 Å². The van der Waals surface area contributed by atoms with Crippen molar-refractivity contribution in [3.05, 3.63) is 101 Å². The summed E-state index contributed by atoms with van der Waals surface area (Å²) in [6.07, 6.45) is 16.0. The second-order valence-electron chi connectivity index (χ2n) is 12.0. The van der Waals surface area contributed by atoms with Crippen molar-refractivity contribution >= 4 is 5.57 Å². The molecule has 41 heavy (non-hydrogen) atoms. The number of rotatable bonds is 8. The van der Waals surface area contributed by atoms with Crippen LogP contribution in [0, 0.1) is 41.0 Å². The molecule has 0 N–H and O–H groups in total. The van der Waals surface area contributed by atoms with Gasteiger partial charge in [0.1, 0.15) is 0 Å². The summed E-state index contributed by atoms with van der Waals surface area (Å²) in [6, 6.07) is 13.0. The molecule has 0 saturated heterocycles. The van der Waals surface area contributed by atoms with Crippen LogP contribution in [0.5, 0.6) is 0 Å². The number of allylic oxidation sites excluding steroid dienone is 4. The maximum Gasteiger partial charge on any atom is 0.167 e. The molecular formula is C37H40F4. The fourth-order valence-electron chi connectivity index (χ4n) is 6.66. The van der Waals surface area contributed by atoms with Crippen LogP contribution in [0.25, 0.3) is 27.8 Å². The Morgan fingerprint density at radius 2 is 1.24 bits per heavy atom. The molecule has 0 amide bonds. The molecule has 2 aliphatic carbocycles. The number of halogens is 4. The van der Waals surface area contributed by atoms with Crippen LogP contribution in [-0.2, 0) is 6.42 Å². The molecule has 3 aromatic carbocycles. The Morgan fingerprint density at radius 3 is 1.85 bits per heavy atom. The highest BCUT2D eigenvalue weighted by Gasteiger charge is 2.28. The van der Waals surface area contributed by atoms with Crippen molar-refractivity contribution in [2.45, 2.75) is 78.1 Å². The summed E-state index contributed by atoms with van der Waals surface area (Å²) in [5.41, 5.74) is 2.86. The Balaban J connectivity index is 1.30. The molecule has 0 radical (unpaired) electrons. The predicted octanol–water partition coefficient (Wildman–Crippen LogP) is 11.5. The van der Waals surface area contributed by atoms with Crippen molar-refractivity contribution in [3.8, 4) is 22.3 Å². The molecule has 4 heteroatoms. The van der Waals surface area contributed by atoms with Crippen LogP contribution in [0.4, 0.5) is 17.6 Å². The minimum Gasteiger partial charge on any atom is -0.203 e. The van der Waals surface area contributed by atoms with E-state index in [1.165, 1.54) is 25.7 Å². The Morgan fingerprint density at radius 1 is 0.659 bits per heavy atom. The summed E-state index contributed by atoms with van der Waals surface area (Å²) in [5, 5.41) is 0. The fraction of sp³-hybridized carbons (Fsp3) is 0.405. The summed E-state index contributed by atoms with van der Waals surface area (Å²) in [7, 11) is 0. The summed E-state index contributed by atoms with van der Waals surface area (Å²) < 4.78 is 60.3. The highest BCUT2D eigenvalue weighted by Crippen LogP contribution is 2.42. The molecule has 1 fully saturated rings. The van der Waals surface area contributed by atoms with Crippen LogP contribution in [0.1, 0.15) is 82.8 Å². The van der Waals surface area contributed by atoms with E-state index in [0.29, 0.717) is 41.0 Å². The Bertz CT molecular complexity index is 1410. The van der Waals surface area contributed by atoms with E-state index in [0.717, 1.165) is 43.1 Å². The second kappa shape index (κ2) is 13.2. The van der Waals surface area contributed by atoms with Crippen molar-refractivity contribution < 1.29 is 17.6 Å². The predicted molar refractivity (Wildman–Crippen MR) is 161 cm³/mol. The van der Waals surface area contributed by atoms with Crippen molar-refractivity contribution in [3.63, 3.8) is 0 Å². The van der Waals surface area contributed by atoms with Gasteiger partial charge in [0.25, 0.3) is 0 Å². The van der Waals surface area contributed by atoms with E-state index in [9.17, 15) is 8.78 Å². The van der Waals surface area contributed by atoms with E-state index >= 15 is 8.78 Å². The topological polar surface area (TPSA) is 0 Å². The van der Waals surface area contributed by atoms with Crippen molar-refractivity contribution in [1.82, 2.24) is 0 Å². The standard InChI is InChI=1S/C37H40F4/c1-3-4-5-6-7-30-20-21-31(35(39)34(30)38)28-16-18-29(19-17-28)33-23-22-32(36(40)37(33)41)27-14-12-26(13-15-27)25-10-8-24(2)9-11-25/h4-5,14,16-26H,3,6-13,15H2,1-2H3/b5-4+. The summed E-state index contributed by atoms with van der Waals surface area (Å²) >= 11 is 0. The van der Waals surface area contributed by atoms with Gasteiger partial charge in [0.05, 0.1) is 0 Å². The molecule has 0 aliphatic heterocycles. The second-order valence-corrected chi connectivity index (χ2v) is 12.0. The highest BCUT2D eigenvalue weighted by atomic mass is 19.2. The maximum absolute atomic E-state index is 15.3. The first-order valence-corrected chi connectivity index (χ1v) is 15.3. The fourth-order valence-corrected chi connectivity index (χ4v) is 6.66. The maximum atomic E-state index is 15.3. The molecule has 0 bridgehead atoms. The van der Waals surface area contributed by atoms with E-state index in [-0.39, 0.29) is 11.1 Å². The molecule has 0 spiro atoms. The van der Waals surface area contributed by atoms with Crippen LogP contribution in [0.2, 0.25) is 0 Å². The first-order valence-electron chi connectivity index (χ1n) is 15.3. The number of aryl methyl sites for hydroxylation is 1. The molecule has 2 aliphatic rings. The zero-order valence-corrected chi connectivity index (χ0v) is 24.2. The lowest BCUT2D eigenvalue weighted by Crippen LogP contribution is -2.22. The average Bonchev–Trinajstić information content (AvgIpc) is 2.99. The lowest BCUT2D eigenvalue weighted by molar-refractivity contribution is 0.202. The van der Waals surface area contributed by atoms with Gasteiger partial charge in [0, 0.05) is 16.7 Å². The Labute approximate surface area is 242 Å². The van der Waals surface area contributed by atoms with Crippen LogP contribution in [0.3, 0.4) is 0 Å². The molecule has 216 valence electrons. The summed E-state index contributed by atoms with van der Waals surface area (Å²) in [5.74, 6) is -1.19. The van der Waals surface area contributed by atoms with Gasteiger partial charge in [-0.15, -0.1) is 0 Å². The molecule has 0 heterocycles. The molecule has 1 unspecified atom stereocenters. The number of benzene rings is 3. The summed E-state index contributed by atoms with van der Waals surface area (Å²) in [6.45, 7) is 4.36. The van der Waals surface area contributed by atoms with E-state index in [1.807, 2.05) is 19.1 Å². The lowest BCUT2D eigenvalue weighted by Gasteiger charge is -2.34. The van der Waals surface area contributed by atoms with E-state index in [1.54, 1.807) is 48.5 Å². The SMILES string of the molecule is CC/C=C/CCc1ccc(-c2ccc(-c3ccc(C4=CCC(C5CCC(C)CC5)CC4)c(F)c3F)cc2)c(F)c1F. The van der Waals surface area contributed by atoms with Gasteiger partial charge in [-0.05, 0) is 91.4 Å². The van der Waals surface area contributed by atoms with Crippen molar-refractivity contribution in [2.75, 3.05) is 0 Å².